The molecule has 8 heteroatoms. The third-order valence-electron chi connectivity index (χ3n) is 5.15. The van der Waals surface area contributed by atoms with Crippen LogP contribution in [-0.4, -0.2) is 44.3 Å². The number of methoxy groups -OCH3 is 3. The zero-order valence-corrected chi connectivity index (χ0v) is 18.8. The smallest absolute Gasteiger partial charge is 0.255 e. The normalized spacial score (nSPS) is 10.5. The number of hydrogen-bond acceptors (Lipinski definition) is 7. The first kappa shape index (κ1) is 21.9. The summed E-state index contributed by atoms with van der Waals surface area (Å²) in [5, 5.41) is 6.73. The van der Waals surface area contributed by atoms with Gasteiger partial charge in [0.05, 0.1) is 32.5 Å². The number of aromatic nitrogens is 2. The van der Waals surface area contributed by atoms with E-state index >= 15 is 0 Å². The molecule has 3 aromatic carbocycles. The van der Waals surface area contributed by atoms with Crippen LogP contribution in [0.3, 0.4) is 0 Å². The maximum absolute atomic E-state index is 12.8. The lowest BCUT2D eigenvalue weighted by Gasteiger charge is -2.13. The first-order valence-electron chi connectivity index (χ1n) is 10.2. The zero-order valence-electron chi connectivity index (χ0n) is 18.8. The standard InChI is InChI=1S/C25H24N4O4/c1-26-25-28-20-14-22(33-4)21(32-3)13-19(20)23(29-25)15-7-5-9-17(11-15)27-24(30)16-8-6-10-18(12-16)31-2/h5-14H,1-4H3,(H,27,30)(H,26,28,29). The third-order valence-corrected chi connectivity index (χ3v) is 5.15. The Labute approximate surface area is 191 Å². The molecular weight excluding hydrogens is 420 g/mol. The van der Waals surface area contributed by atoms with Crippen LogP contribution in [0.4, 0.5) is 11.6 Å². The summed E-state index contributed by atoms with van der Waals surface area (Å²) in [6, 6.07) is 18.2. The van der Waals surface area contributed by atoms with Gasteiger partial charge in [-0.15, -0.1) is 0 Å². The van der Waals surface area contributed by atoms with E-state index in [1.165, 1.54) is 0 Å². The maximum Gasteiger partial charge on any atom is 0.255 e. The molecule has 0 unspecified atom stereocenters. The van der Waals surface area contributed by atoms with Crippen molar-refractivity contribution in [3.05, 3.63) is 66.2 Å². The number of amides is 1. The van der Waals surface area contributed by atoms with E-state index in [2.05, 4.69) is 20.6 Å². The topological polar surface area (TPSA) is 94.6 Å². The molecule has 0 spiro atoms. The zero-order chi connectivity index (χ0) is 23.4. The average molecular weight is 444 g/mol. The van der Waals surface area contributed by atoms with Crippen molar-refractivity contribution in [3.63, 3.8) is 0 Å². The Hall–Kier alpha value is -4.33. The first-order chi connectivity index (χ1) is 16.1. The lowest BCUT2D eigenvalue weighted by atomic mass is 10.0. The predicted molar refractivity (Wildman–Crippen MR) is 129 cm³/mol. The predicted octanol–water partition coefficient (Wildman–Crippen LogP) is 4.62. The van der Waals surface area contributed by atoms with Gasteiger partial charge in [-0.3, -0.25) is 4.79 Å². The van der Waals surface area contributed by atoms with E-state index in [9.17, 15) is 4.79 Å². The first-order valence-corrected chi connectivity index (χ1v) is 10.2. The number of nitrogens with zero attached hydrogens (tertiary/aromatic N) is 2. The van der Waals surface area contributed by atoms with Crippen LogP contribution in [0.25, 0.3) is 22.2 Å². The highest BCUT2D eigenvalue weighted by atomic mass is 16.5. The quantitative estimate of drug-likeness (QED) is 0.430. The Kier molecular flexibility index (Phi) is 6.26. The summed E-state index contributed by atoms with van der Waals surface area (Å²) in [5.74, 6) is 2.01. The Morgan fingerprint density at radius 3 is 2.33 bits per heavy atom. The van der Waals surface area contributed by atoms with Gasteiger partial charge < -0.3 is 24.8 Å². The van der Waals surface area contributed by atoms with Gasteiger partial charge in [0.2, 0.25) is 5.95 Å². The summed E-state index contributed by atoms with van der Waals surface area (Å²) in [7, 11) is 6.49. The minimum absolute atomic E-state index is 0.235. The van der Waals surface area contributed by atoms with Crippen LogP contribution in [0, 0.1) is 0 Å². The molecule has 0 aliphatic rings. The molecule has 0 saturated carbocycles. The van der Waals surface area contributed by atoms with Gasteiger partial charge in [-0.2, -0.15) is 0 Å². The maximum atomic E-state index is 12.8. The van der Waals surface area contributed by atoms with Gasteiger partial charge in [0.1, 0.15) is 5.75 Å². The van der Waals surface area contributed by atoms with Gasteiger partial charge in [-0.25, -0.2) is 9.97 Å². The van der Waals surface area contributed by atoms with Gasteiger partial charge in [0, 0.05) is 35.3 Å². The molecule has 0 radical (unpaired) electrons. The van der Waals surface area contributed by atoms with Crippen LogP contribution < -0.4 is 24.8 Å². The highest BCUT2D eigenvalue weighted by Gasteiger charge is 2.15. The Morgan fingerprint density at radius 1 is 0.848 bits per heavy atom. The Balaban J connectivity index is 1.75. The fourth-order valence-electron chi connectivity index (χ4n) is 3.50. The van der Waals surface area contributed by atoms with Crippen molar-refractivity contribution in [1.82, 2.24) is 9.97 Å². The number of fused-ring (bicyclic) bond motifs is 1. The number of ether oxygens (including phenoxy) is 3. The average Bonchev–Trinajstić information content (AvgIpc) is 2.87. The summed E-state index contributed by atoms with van der Waals surface area (Å²) >= 11 is 0. The SMILES string of the molecule is CNc1nc(-c2cccc(NC(=O)c3cccc(OC)c3)c2)c2cc(OC)c(OC)cc2n1. The van der Waals surface area contributed by atoms with Crippen molar-refractivity contribution in [2.24, 2.45) is 0 Å². The summed E-state index contributed by atoms with van der Waals surface area (Å²) in [5.41, 5.74) is 3.35. The minimum Gasteiger partial charge on any atom is -0.497 e. The number of hydrogen-bond donors (Lipinski definition) is 2. The van der Waals surface area contributed by atoms with E-state index in [1.807, 2.05) is 36.4 Å². The van der Waals surface area contributed by atoms with E-state index in [-0.39, 0.29) is 5.91 Å². The monoisotopic (exact) mass is 444 g/mol. The summed E-state index contributed by atoms with van der Waals surface area (Å²) in [6.45, 7) is 0. The molecule has 0 saturated heterocycles. The van der Waals surface area contributed by atoms with Crippen molar-refractivity contribution >= 4 is 28.4 Å². The van der Waals surface area contributed by atoms with Crippen LogP contribution in [0.15, 0.2) is 60.7 Å². The summed E-state index contributed by atoms with van der Waals surface area (Å²) in [4.78, 5) is 22.0. The fourth-order valence-corrected chi connectivity index (χ4v) is 3.50. The lowest BCUT2D eigenvalue weighted by molar-refractivity contribution is 0.102. The van der Waals surface area contributed by atoms with Crippen LogP contribution >= 0.6 is 0 Å². The molecule has 4 rings (SSSR count). The molecule has 33 heavy (non-hydrogen) atoms. The van der Waals surface area contributed by atoms with Crippen molar-refractivity contribution in [1.29, 1.82) is 0 Å². The van der Waals surface area contributed by atoms with E-state index in [0.717, 1.165) is 10.9 Å². The summed E-state index contributed by atoms with van der Waals surface area (Å²) in [6.07, 6.45) is 0. The molecule has 1 amide bonds. The van der Waals surface area contributed by atoms with Crippen molar-refractivity contribution < 1.29 is 19.0 Å². The summed E-state index contributed by atoms with van der Waals surface area (Å²) < 4.78 is 16.1. The molecule has 2 N–H and O–H groups in total. The lowest BCUT2D eigenvalue weighted by Crippen LogP contribution is -2.12. The van der Waals surface area contributed by atoms with Gasteiger partial charge in [-0.05, 0) is 36.4 Å². The van der Waals surface area contributed by atoms with Gasteiger partial charge in [0.15, 0.2) is 11.5 Å². The molecule has 0 atom stereocenters. The minimum atomic E-state index is -0.235. The molecule has 0 fully saturated rings. The fraction of sp³-hybridized carbons (Fsp3) is 0.160. The van der Waals surface area contributed by atoms with Crippen LogP contribution in [0.5, 0.6) is 17.2 Å². The molecule has 0 bridgehead atoms. The Bertz CT molecular complexity index is 1320. The van der Waals surface area contributed by atoms with Crippen molar-refractivity contribution in [2.45, 2.75) is 0 Å². The van der Waals surface area contributed by atoms with Gasteiger partial charge >= 0.3 is 0 Å². The molecule has 8 nitrogen and oxygen atoms in total. The third kappa shape index (κ3) is 4.50. The largest absolute Gasteiger partial charge is 0.497 e. The van der Waals surface area contributed by atoms with Crippen LogP contribution in [-0.2, 0) is 0 Å². The van der Waals surface area contributed by atoms with Crippen LogP contribution in [0.2, 0.25) is 0 Å². The number of anilines is 2. The number of carbonyl (C=O) groups excluding carboxylic acids is 1. The second-order valence-electron chi connectivity index (χ2n) is 7.14. The van der Waals surface area contributed by atoms with Crippen molar-refractivity contribution in [3.8, 4) is 28.5 Å². The number of carbonyl (C=O) groups is 1. The van der Waals surface area contributed by atoms with Crippen molar-refractivity contribution in [2.75, 3.05) is 39.0 Å². The molecule has 168 valence electrons. The molecule has 0 aliphatic heterocycles. The molecular formula is C25H24N4O4. The second-order valence-corrected chi connectivity index (χ2v) is 7.14. The van der Waals surface area contributed by atoms with E-state index in [1.54, 1.807) is 52.6 Å². The number of nitrogens with one attached hydrogen (secondary N) is 2. The Morgan fingerprint density at radius 2 is 1.61 bits per heavy atom. The molecule has 1 aromatic heterocycles. The molecule has 0 aliphatic carbocycles. The van der Waals surface area contributed by atoms with Crippen LogP contribution in [0.1, 0.15) is 10.4 Å². The highest BCUT2D eigenvalue weighted by molar-refractivity contribution is 6.05. The van der Waals surface area contributed by atoms with Gasteiger partial charge in [0.25, 0.3) is 5.91 Å². The second kappa shape index (κ2) is 9.44. The molecule has 4 aromatic rings. The number of rotatable bonds is 7. The highest BCUT2D eigenvalue weighted by Crippen LogP contribution is 2.36. The van der Waals surface area contributed by atoms with E-state index < -0.39 is 0 Å². The van der Waals surface area contributed by atoms with E-state index in [4.69, 9.17) is 14.2 Å². The molecule has 1 heterocycles. The van der Waals surface area contributed by atoms with Gasteiger partial charge in [-0.1, -0.05) is 18.2 Å². The van der Waals surface area contributed by atoms with E-state index in [0.29, 0.717) is 45.7 Å². The number of benzene rings is 3.